The second-order valence-electron chi connectivity index (χ2n) is 1.37. The van der Waals surface area contributed by atoms with Crippen molar-refractivity contribution in [3.05, 3.63) is 0 Å². The van der Waals surface area contributed by atoms with Gasteiger partial charge in [-0.3, -0.25) is 3.11 Å². The van der Waals surface area contributed by atoms with Gasteiger partial charge in [-0.25, -0.2) is 0 Å². The zero-order chi connectivity index (χ0) is 5.70. The molecule has 0 aromatic heterocycles. The summed E-state index contributed by atoms with van der Waals surface area (Å²) in [5.74, 6) is 0. The highest BCUT2D eigenvalue weighted by Crippen LogP contribution is 1.96. The third-order valence-corrected chi connectivity index (χ3v) is 1.85. The lowest BCUT2D eigenvalue weighted by Crippen LogP contribution is -2.04. The van der Waals surface area contributed by atoms with Crippen LogP contribution in [0.1, 0.15) is 6.42 Å². The Kier molecular flexibility index (Phi) is 6.68. The molecule has 0 aliphatic rings. The fourth-order valence-corrected chi connectivity index (χ4v) is 0.960. The maximum absolute atomic E-state index is 2.39. The lowest BCUT2D eigenvalue weighted by atomic mass is 10.5. The van der Waals surface area contributed by atoms with Gasteiger partial charge in [0.2, 0.25) is 0 Å². The van der Waals surface area contributed by atoms with Crippen LogP contribution in [0.15, 0.2) is 0 Å². The highest BCUT2D eigenvalue weighted by Gasteiger charge is 1.86. The van der Waals surface area contributed by atoms with E-state index in [1.165, 1.54) is 17.4 Å². The second kappa shape index (κ2) is 5.55. The van der Waals surface area contributed by atoms with Crippen LogP contribution < -0.4 is 0 Å². The summed E-state index contributed by atoms with van der Waals surface area (Å²) in [6.45, 7) is 1.21. The van der Waals surface area contributed by atoms with Crippen molar-refractivity contribution < 1.29 is 0 Å². The van der Waals surface area contributed by atoms with Crippen molar-refractivity contribution >= 4 is 45.5 Å². The van der Waals surface area contributed by atoms with Crippen molar-refractivity contribution in [3.8, 4) is 0 Å². The topological polar surface area (TPSA) is 3.24 Å². The summed E-state index contributed by atoms with van der Waals surface area (Å²) in [6.07, 6.45) is 1.31. The van der Waals surface area contributed by atoms with E-state index < -0.39 is 0 Å². The summed E-state index contributed by atoms with van der Waals surface area (Å²) in [5, 5.41) is 0. The van der Waals surface area contributed by atoms with Gasteiger partial charge < -0.3 is 0 Å². The first-order chi connectivity index (χ1) is 3.27. The predicted molar refractivity (Wildman–Crippen MR) is 50.2 cm³/mol. The zero-order valence-electron chi connectivity index (χ0n) is 4.32. The van der Waals surface area contributed by atoms with Gasteiger partial charge in [0, 0.05) is 33.8 Å². The Morgan fingerprint density at radius 1 is 1.57 bits per heavy atom. The van der Waals surface area contributed by atoms with Crippen LogP contribution in [0.25, 0.3) is 0 Å². The van der Waals surface area contributed by atoms with Crippen LogP contribution in [-0.4, -0.2) is 21.1 Å². The van der Waals surface area contributed by atoms with E-state index in [2.05, 4.69) is 55.6 Å². The molecule has 0 radical (unpaired) electrons. The maximum Gasteiger partial charge on any atom is 0.0198 e. The van der Waals surface area contributed by atoms with Gasteiger partial charge in [-0.2, -0.15) is 0 Å². The summed E-state index contributed by atoms with van der Waals surface area (Å²) in [7, 11) is 2.09. The average Bonchev–Trinajstić information content (AvgIpc) is 1.61. The zero-order valence-corrected chi connectivity index (χ0v) is 8.64. The van der Waals surface area contributed by atoms with Crippen LogP contribution in [0.3, 0.4) is 0 Å². The molecule has 0 rings (SSSR count). The van der Waals surface area contributed by atoms with E-state index in [4.69, 9.17) is 0 Å². The van der Waals surface area contributed by atoms with Crippen molar-refractivity contribution in [1.29, 1.82) is 0 Å². The van der Waals surface area contributed by atoms with Crippen LogP contribution in [-0.2, 0) is 0 Å². The number of halogens is 2. The Morgan fingerprint density at radius 2 is 2.14 bits per heavy atom. The van der Waals surface area contributed by atoms with Gasteiger partial charge in [-0.1, -0.05) is 22.6 Å². The third kappa shape index (κ3) is 7.42. The van der Waals surface area contributed by atoms with Gasteiger partial charge in [0.15, 0.2) is 0 Å². The van der Waals surface area contributed by atoms with Crippen LogP contribution in [0.2, 0.25) is 0 Å². The minimum absolute atomic E-state index is 1.21. The first kappa shape index (κ1) is 8.42. The average molecular weight is 325 g/mol. The Labute approximate surface area is 72.5 Å². The molecule has 0 bridgehead atoms. The lowest BCUT2D eigenvalue weighted by Gasteiger charge is -2.02. The van der Waals surface area contributed by atoms with Crippen molar-refractivity contribution in [2.24, 2.45) is 0 Å². The Hall–Kier alpha value is 1.42. The van der Waals surface area contributed by atoms with Crippen LogP contribution in [0, 0.1) is 0 Å². The standard InChI is InChI=1S/C4H9I2N/c1-7(6)4-2-3-5/h2-4H2,1H3. The van der Waals surface area contributed by atoms with Crippen LogP contribution in [0.5, 0.6) is 0 Å². The molecule has 3 heteroatoms. The number of nitrogens with zero attached hydrogens (tertiary/aromatic N) is 1. The Balaban J connectivity index is 2.68. The SMILES string of the molecule is CN(I)CCCI. The normalized spacial score (nSPS) is 10.3. The van der Waals surface area contributed by atoms with E-state index in [0.29, 0.717) is 0 Å². The highest BCUT2D eigenvalue weighted by atomic mass is 127. The molecule has 0 saturated heterocycles. The minimum Gasteiger partial charge on any atom is -0.251 e. The molecule has 0 aromatic rings. The molecule has 0 fully saturated rings. The molecule has 0 amide bonds. The van der Waals surface area contributed by atoms with E-state index in [1.54, 1.807) is 0 Å². The van der Waals surface area contributed by atoms with Crippen LogP contribution in [0.4, 0.5) is 0 Å². The number of rotatable bonds is 3. The highest BCUT2D eigenvalue weighted by molar-refractivity contribution is 14.1. The first-order valence-corrected chi connectivity index (χ1v) is 4.69. The molecule has 1 nitrogen and oxygen atoms in total. The molecule has 0 spiro atoms. The van der Waals surface area contributed by atoms with Gasteiger partial charge in [-0.05, 0) is 13.5 Å². The minimum atomic E-state index is 1.21. The first-order valence-electron chi connectivity index (χ1n) is 2.20. The van der Waals surface area contributed by atoms with Crippen molar-refractivity contribution in [3.63, 3.8) is 0 Å². The van der Waals surface area contributed by atoms with E-state index in [-0.39, 0.29) is 0 Å². The number of hydrogen-bond acceptors (Lipinski definition) is 1. The predicted octanol–water partition coefficient (Wildman–Crippen LogP) is 2.09. The van der Waals surface area contributed by atoms with Crippen molar-refractivity contribution in [2.75, 3.05) is 18.0 Å². The fraction of sp³-hybridized carbons (Fsp3) is 1.00. The smallest absolute Gasteiger partial charge is 0.0198 e. The van der Waals surface area contributed by atoms with E-state index in [1.807, 2.05) is 0 Å². The summed E-state index contributed by atoms with van der Waals surface area (Å²) in [5.41, 5.74) is 0. The van der Waals surface area contributed by atoms with Gasteiger partial charge in [0.05, 0.1) is 0 Å². The molecule has 0 N–H and O–H groups in total. The largest absolute Gasteiger partial charge is 0.251 e. The van der Waals surface area contributed by atoms with Crippen molar-refractivity contribution in [2.45, 2.75) is 6.42 Å². The van der Waals surface area contributed by atoms with E-state index in [0.717, 1.165) is 0 Å². The molecule has 0 aromatic carbocycles. The molecule has 0 heterocycles. The molecule has 0 aliphatic heterocycles. The summed E-state index contributed by atoms with van der Waals surface area (Å²) in [4.78, 5) is 0. The molecular weight excluding hydrogens is 316 g/mol. The molecule has 44 valence electrons. The third-order valence-electron chi connectivity index (χ3n) is 0.600. The Bertz CT molecular complexity index is 38.7. The van der Waals surface area contributed by atoms with E-state index >= 15 is 0 Å². The van der Waals surface area contributed by atoms with Crippen LogP contribution >= 0.6 is 45.5 Å². The molecule has 0 unspecified atom stereocenters. The van der Waals surface area contributed by atoms with Gasteiger partial charge in [0.1, 0.15) is 0 Å². The summed E-state index contributed by atoms with van der Waals surface area (Å²) in [6, 6.07) is 0. The molecule has 0 aliphatic carbocycles. The monoisotopic (exact) mass is 325 g/mol. The van der Waals surface area contributed by atoms with Gasteiger partial charge in [0.25, 0.3) is 0 Å². The quantitative estimate of drug-likeness (QED) is 0.436. The molecule has 7 heavy (non-hydrogen) atoms. The van der Waals surface area contributed by atoms with E-state index in [9.17, 15) is 0 Å². The summed E-state index contributed by atoms with van der Waals surface area (Å²) >= 11 is 4.69. The molecule has 0 atom stereocenters. The Morgan fingerprint density at radius 3 is 2.29 bits per heavy atom. The van der Waals surface area contributed by atoms with Gasteiger partial charge in [-0.15, -0.1) is 0 Å². The van der Waals surface area contributed by atoms with Gasteiger partial charge >= 0.3 is 0 Å². The maximum atomic E-state index is 2.39. The van der Waals surface area contributed by atoms with Crippen molar-refractivity contribution in [1.82, 2.24) is 3.11 Å². The summed E-state index contributed by atoms with van der Waals surface area (Å²) < 4.78 is 3.45. The lowest BCUT2D eigenvalue weighted by molar-refractivity contribution is 0.606. The fourth-order valence-electron chi connectivity index (χ4n) is 0.278. The number of alkyl halides is 1. The molecule has 0 saturated carbocycles. The molecular formula is C4H9I2N. The number of hydrogen-bond donors (Lipinski definition) is 0. The second-order valence-corrected chi connectivity index (χ2v) is 4.10.